The highest BCUT2D eigenvalue weighted by Crippen LogP contribution is 2.09. The summed E-state index contributed by atoms with van der Waals surface area (Å²) in [6.45, 7) is 2.91. The van der Waals surface area contributed by atoms with Crippen LogP contribution in [0.2, 0.25) is 0 Å². The van der Waals surface area contributed by atoms with E-state index in [0.717, 1.165) is 6.42 Å². The van der Waals surface area contributed by atoms with E-state index in [-0.39, 0.29) is 5.91 Å². The van der Waals surface area contributed by atoms with Gasteiger partial charge >= 0.3 is 0 Å². The van der Waals surface area contributed by atoms with Gasteiger partial charge in [-0.05, 0) is 17.9 Å². The van der Waals surface area contributed by atoms with E-state index in [4.69, 9.17) is 0 Å². The van der Waals surface area contributed by atoms with Crippen LogP contribution in [0.25, 0.3) is 0 Å². The SMILES string of the molecule is CCCCCCCCC(=O)NCc1cccs1. The Morgan fingerprint density at radius 1 is 1.24 bits per heavy atom. The number of carbonyl (C=O) groups excluding carboxylic acids is 1. The lowest BCUT2D eigenvalue weighted by atomic mass is 10.1. The molecule has 0 aliphatic rings. The topological polar surface area (TPSA) is 29.1 Å². The van der Waals surface area contributed by atoms with Gasteiger partial charge in [0.25, 0.3) is 0 Å². The number of hydrogen-bond acceptors (Lipinski definition) is 2. The average molecular weight is 253 g/mol. The molecule has 96 valence electrons. The Hall–Kier alpha value is -0.830. The second-order valence-corrected chi connectivity index (χ2v) is 5.41. The van der Waals surface area contributed by atoms with Crippen LogP contribution in [0, 0.1) is 0 Å². The minimum Gasteiger partial charge on any atom is -0.351 e. The highest BCUT2D eigenvalue weighted by molar-refractivity contribution is 7.09. The largest absolute Gasteiger partial charge is 0.351 e. The molecule has 0 aliphatic carbocycles. The van der Waals surface area contributed by atoms with Gasteiger partial charge in [-0.3, -0.25) is 4.79 Å². The molecule has 0 saturated carbocycles. The number of thiophene rings is 1. The lowest BCUT2D eigenvalue weighted by Crippen LogP contribution is -2.21. The quantitative estimate of drug-likeness (QED) is 0.659. The number of unbranched alkanes of at least 4 members (excludes halogenated alkanes) is 5. The third-order valence-electron chi connectivity index (χ3n) is 2.80. The minimum atomic E-state index is 0.189. The van der Waals surface area contributed by atoms with Crippen LogP contribution in [0.5, 0.6) is 0 Å². The molecule has 0 unspecified atom stereocenters. The maximum Gasteiger partial charge on any atom is 0.220 e. The summed E-state index contributed by atoms with van der Waals surface area (Å²) in [7, 11) is 0. The third kappa shape index (κ3) is 7.16. The summed E-state index contributed by atoms with van der Waals surface area (Å²) < 4.78 is 0. The zero-order valence-corrected chi connectivity index (χ0v) is 11.5. The first-order chi connectivity index (χ1) is 8.33. The highest BCUT2D eigenvalue weighted by atomic mass is 32.1. The van der Waals surface area contributed by atoms with E-state index in [1.165, 1.54) is 37.0 Å². The Morgan fingerprint density at radius 2 is 2.00 bits per heavy atom. The Labute approximate surface area is 108 Å². The second-order valence-electron chi connectivity index (χ2n) is 4.37. The summed E-state index contributed by atoms with van der Waals surface area (Å²) >= 11 is 1.69. The Morgan fingerprint density at radius 3 is 2.71 bits per heavy atom. The van der Waals surface area contributed by atoms with Crippen LogP contribution in [-0.4, -0.2) is 5.91 Å². The molecule has 1 rings (SSSR count). The maximum atomic E-state index is 11.5. The van der Waals surface area contributed by atoms with Crippen molar-refractivity contribution in [2.24, 2.45) is 0 Å². The molecule has 0 aromatic carbocycles. The molecule has 2 nitrogen and oxygen atoms in total. The lowest BCUT2D eigenvalue weighted by Gasteiger charge is -2.03. The molecule has 0 fully saturated rings. The Bertz CT molecular complexity index is 295. The molecule has 0 bridgehead atoms. The molecular weight excluding hydrogens is 230 g/mol. The molecular formula is C14H23NOS. The summed E-state index contributed by atoms with van der Waals surface area (Å²) in [5, 5.41) is 5.00. The normalized spacial score (nSPS) is 10.4. The van der Waals surface area contributed by atoms with E-state index in [9.17, 15) is 4.79 Å². The van der Waals surface area contributed by atoms with Crippen LogP contribution in [0.15, 0.2) is 17.5 Å². The summed E-state index contributed by atoms with van der Waals surface area (Å²) in [4.78, 5) is 12.7. The fourth-order valence-electron chi connectivity index (χ4n) is 1.75. The van der Waals surface area contributed by atoms with Crippen molar-refractivity contribution in [3.63, 3.8) is 0 Å². The van der Waals surface area contributed by atoms with Gasteiger partial charge in [-0.25, -0.2) is 0 Å². The number of nitrogens with one attached hydrogen (secondary N) is 1. The van der Waals surface area contributed by atoms with Crippen LogP contribution >= 0.6 is 11.3 Å². The molecule has 1 aromatic rings. The van der Waals surface area contributed by atoms with Gasteiger partial charge in [0.05, 0.1) is 6.54 Å². The number of rotatable bonds is 9. The summed E-state index contributed by atoms with van der Waals surface area (Å²) in [6.07, 6.45) is 8.08. The van der Waals surface area contributed by atoms with Crippen LogP contribution < -0.4 is 5.32 Å². The van der Waals surface area contributed by atoms with Crippen LogP contribution in [0.3, 0.4) is 0 Å². The predicted molar refractivity (Wildman–Crippen MR) is 74.2 cm³/mol. The Balaban J connectivity index is 1.94. The van der Waals surface area contributed by atoms with Crippen molar-refractivity contribution in [1.29, 1.82) is 0 Å². The summed E-state index contributed by atoms with van der Waals surface area (Å²) in [5.74, 6) is 0.189. The molecule has 0 radical (unpaired) electrons. The van der Waals surface area contributed by atoms with E-state index in [1.807, 2.05) is 11.4 Å². The third-order valence-corrected chi connectivity index (χ3v) is 3.67. The zero-order valence-electron chi connectivity index (χ0n) is 10.7. The summed E-state index contributed by atoms with van der Waals surface area (Å²) in [6, 6.07) is 4.07. The van der Waals surface area contributed by atoms with Crippen LogP contribution in [0.1, 0.15) is 56.7 Å². The first-order valence-corrected chi connectivity index (χ1v) is 7.50. The monoisotopic (exact) mass is 253 g/mol. The number of carbonyl (C=O) groups is 1. The first kappa shape index (κ1) is 14.2. The predicted octanol–water partition coefficient (Wildman–Crippen LogP) is 4.11. The van der Waals surface area contributed by atoms with Gasteiger partial charge in [-0.15, -0.1) is 11.3 Å². The van der Waals surface area contributed by atoms with Gasteiger partial charge in [-0.1, -0.05) is 45.1 Å². The van der Waals surface area contributed by atoms with Gasteiger partial charge < -0.3 is 5.32 Å². The highest BCUT2D eigenvalue weighted by Gasteiger charge is 2.01. The van der Waals surface area contributed by atoms with E-state index in [1.54, 1.807) is 11.3 Å². The van der Waals surface area contributed by atoms with Crippen molar-refractivity contribution < 1.29 is 4.79 Å². The molecule has 1 amide bonds. The summed E-state index contributed by atoms with van der Waals surface area (Å²) in [5.41, 5.74) is 0. The molecule has 17 heavy (non-hydrogen) atoms. The zero-order chi connectivity index (χ0) is 12.3. The molecule has 3 heteroatoms. The van der Waals surface area contributed by atoms with E-state index >= 15 is 0 Å². The molecule has 0 atom stereocenters. The number of hydrogen-bond donors (Lipinski definition) is 1. The first-order valence-electron chi connectivity index (χ1n) is 6.62. The van der Waals surface area contributed by atoms with E-state index < -0.39 is 0 Å². The van der Waals surface area contributed by atoms with Crippen molar-refractivity contribution in [2.75, 3.05) is 0 Å². The number of amides is 1. The van der Waals surface area contributed by atoms with Crippen molar-refractivity contribution in [1.82, 2.24) is 5.32 Å². The molecule has 1 N–H and O–H groups in total. The second kappa shape index (κ2) is 9.23. The minimum absolute atomic E-state index is 0.189. The Kier molecular flexibility index (Phi) is 7.72. The van der Waals surface area contributed by atoms with Gasteiger partial charge in [0, 0.05) is 11.3 Å². The standard InChI is InChI=1S/C14H23NOS/c1-2-3-4-5-6-7-10-14(16)15-12-13-9-8-11-17-13/h8-9,11H,2-7,10,12H2,1H3,(H,15,16). The van der Waals surface area contributed by atoms with E-state index in [2.05, 4.69) is 18.3 Å². The fourth-order valence-corrected chi connectivity index (χ4v) is 2.40. The molecule has 0 aliphatic heterocycles. The van der Waals surface area contributed by atoms with Crippen molar-refractivity contribution in [3.8, 4) is 0 Å². The van der Waals surface area contributed by atoms with Crippen LogP contribution in [-0.2, 0) is 11.3 Å². The maximum absolute atomic E-state index is 11.5. The van der Waals surface area contributed by atoms with Gasteiger partial charge in [-0.2, -0.15) is 0 Å². The molecule has 0 spiro atoms. The van der Waals surface area contributed by atoms with Gasteiger partial charge in [0.2, 0.25) is 5.91 Å². The van der Waals surface area contributed by atoms with Crippen molar-refractivity contribution in [2.45, 2.75) is 58.4 Å². The van der Waals surface area contributed by atoms with Gasteiger partial charge in [0.15, 0.2) is 0 Å². The molecule has 1 aromatic heterocycles. The molecule has 1 heterocycles. The average Bonchev–Trinajstić information content (AvgIpc) is 2.84. The lowest BCUT2D eigenvalue weighted by molar-refractivity contribution is -0.121. The smallest absolute Gasteiger partial charge is 0.220 e. The van der Waals surface area contributed by atoms with Gasteiger partial charge in [0.1, 0.15) is 0 Å². The molecule has 0 saturated heterocycles. The van der Waals surface area contributed by atoms with Crippen molar-refractivity contribution >= 4 is 17.2 Å². The van der Waals surface area contributed by atoms with Crippen LogP contribution in [0.4, 0.5) is 0 Å². The van der Waals surface area contributed by atoms with E-state index in [0.29, 0.717) is 13.0 Å². The fraction of sp³-hybridized carbons (Fsp3) is 0.643. The van der Waals surface area contributed by atoms with Crippen molar-refractivity contribution in [3.05, 3.63) is 22.4 Å².